The van der Waals surface area contributed by atoms with Crippen molar-refractivity contribution in [2.24, 2.45) is 5.10 Å². The number of nitrogens with one attached hydrogen (secondary N) is 2. The van der Waals surface area contributed by atoms with Crippen LogP contribution in [0, 0.1) is 6.92 Å². The molecule has 1 amide bonds. The Bertz CT molecular complexity index is 1130. The number of hydrazone groups is 1. The standard InChI is InChI=1S/C23H19BrClN3O3/c1-15-5-4-6-18(11-15)26-14-22(29)28-27-13-16-12-17(24)9-10-21(16)31-23(30)19-7-2-3-8-20(19)25/h2-13,26H,14H2,1H3,(H,28,29). The van der Waals surface area contributed by atoms with Gasteiger partial charge in [-0.05, 0) is 55.0 Å². The minimum Gasteiger partial charge on any atom is -0.422 e. The number of hydrogen-bond donors (Lipinski definition) is 2. The Kier molecular flexibility index (Phi) is 7.81. The molecule has 0 unspecified atom stereocenters. The van der Waals surface area contributed by atoms with Crippen LogP contribution in [0.15, 0.2) is 76.3 Å². The van der Waals surface area contributed by atoms with Gasteiger partial charge < -0.3 is 10.1 Å². The largest absolute Gasteiger partial charge is 0.422 e. The summed E-state index contributed by atoms with van der Waals surface area (Å²) >= 11 is 9.44. The lowest BCUT2D eigenvalue weighted by atomic mass is 10.2. The topological polar surface area (TPSA) is 79.8 Å². The maximum absolute atomic E-state index is 12.5. The molecule has 31 heavy (non-hydrogen) atoms. The molecule has 6 nitrogen and oxygen atoms in total. The minimum atomic E-state index is -0.589. The van der Waals surface area contributed by atoms with Gasteiger partial charge in [-0.3, -0.25) is 4.79 Å². The van der Waals surface area contributed by atoms with Crippen LogP contribution in [0.3, 0.4) is 0 Å². The van der Waals surface area contributed by atoms with Gasteiger partial charge in [0.05, 0.1) is 23.3 Å². The highest BCUT2D eigenvalue weighted by atomic mass is 79.9. The van der Waals surface area contributed by atoms with E-state index in [0.29, 0.717) is 10.6 Å². The van der Waals surface area contributed by atoms with Gasteiger partial charge in [0.1, 0.15) is 5.75 Å². The molecule has 0 fully saturated rings. The van der Waals surface area contributed by atoms with Crippen molar-refractivity contribution in [3.63, 3.8) is 0 Å². The summed E-state index contributed by atoms with van der Waals surface area (Å²) in [5.41, 5.74) is 5.15. The number of carbonyl (C=O) groups is 2. The Morgan fingerprint density at radius 1 is 1.10 bits per heavy atom. The molecule has 0 radical (unpaired) electrons. The van der Waals surface area contributed by atoms with E-state index in [1.165, 1.54) is 6.21 Å². The van der Waals surface area contributed by atoms with Crippen molar-refractivity contribution in [2.45, 2.75) is 6.92 Å². The molecular formula is C23H19BrClN3O3. The van der Waals surface area contributed by atoms with Crippen molar-refractivity contribution in [2.75, 3.05) is 11.9 Å². The third-order valence-corrected chi connectivity index (χ3v) is 4.96. The molecule has 3 aromatic carbocycles. The predicted molar refractivity (Wildman–Crippen MR) is 126 cm³/mol. The summed E-state index contributed by atoms with van der Waals surface area (Å²) in [7, 11) is 0. The van der Waals surface area contributed by atoms with Crippen LogP contribution in [0.1, 0.15) is 21.5 Å². The zero-order valence-electron chi connectivity index (χ0n) is 16.6. The van der Waals surface area contributed by atoms with Crippen LogP contribution < -0.4 is 15.5 Å². The fourth-order valence-corrected chi connectivity index (χ4v) is 3.24. The highest BCUT2D eigenvalue weighted by Gasteiger charge is 2.14. The first kappa shape index (κ1) is 22.5. The number of amides is 1. The molecule has 2 N–H and O–H groups in total. The third-order valence-electron chi connectivity index (χ3n) is 4.13. The fraction of sp³-hybridized carbons (Fsp3) is 0.0870. The predicted octanol–water partition coefficient (Wildman–Crippen LogP) is 5.19. The summed E-state index contributed by atoms with van der Waals surface area (Å²) in [4.78, 5) is 24.5. The van der Waals surface area contributed by atoms with E-state index in [1.54, 1.807) is 42.5 Å². The van der Waals surface area contributed by atoms with Crippen LogP contribution >= 0.6 is 27.5 Å². The maximum atomic E-state index is 12.5. The summed E-state index contributed by atoms with van der Waals surface area (Å²) in [5, 5.41) is 7.30. The van der Waals surface area contributed by atoms with Crippen LogP contribution in [0.5, 0.6) is 5.75 Å². The SMILES string of the molecule is Cc1cccc(NCC(=O)NN=Cc2cc(Br)ccc2OC(=O)c2ccccc2Cl)c1. The van der Waals surface area contributed by atoms with Gasteiger partial charge in [0.25, 0.3) is 5.91 Å². The number of aryl methyl sites for hydroxylation is 1. The molecule has 0 saturated heterocycles. The van der Waals surface area contributed by atoms with Crippen molar-refractivity contribution in [3.05, 3.63) is 92.9 Å². The number of esters is 1. The van der Waals surface area contributed by atoms with Gasteiger partial charge in [0.15, 0.2) is 0 Å². The third kappa shape index (κ3) is 6.67. The zero-order valence-corrected chi connectivity index (χ0v) is 18.9. The second-order valence-corrected chi connectivity index (χ2v) is 7.89. The van der Waals surface area contributed by atoms with E-state index in [4.69, 9.17) is 16.3 Å². The van der Waals surface area contributed by atoms with Crippen molar-refractivity contribution in [1.82, 2.24) is 5.43 Å². The van der Waals surface area contributed by atoms with Gasteiger partial charge in [0, 0.05) is 15.7 Å². The quantitative estimate of drug-likeness (QED) is 0.202. The van der Waals surface area contributed by atoms with E-state index in [-0.39, 0.29) is 23.8 Å². The number of benzene rings is 3. The first-order chi connectivity index (χ1) is 14.9. The van der Waals surface area contributed by atoms with Crippen molar-refractivity contribution >= 4 is 51.3 Å². The molecule has 0 heterocycles. The van der Waals surface area contributed by atoms with Crippen LogP contribution in [0.25, 0.3) is 0 Å². The molecule has 0 saturated carbocycles. The summed E-state index contributed by atoms with van der Waals surface area (Å²) in [5.74, 6) is -0.625. The van der Waals surface area contributed by atoms with E-state index < -0.39 is 5.97 Å². The lowest BCUT2D eigenvalue weighted by Gasteiger charge is -2.09. The van der Waals surface area contributed by atoms with E-state index in [2.05, 4.69) is 31.8 Å². The van der Waals surface area contributed by atoms with Gasteiger partial charge in [-0.15, -0.1) is 0 Å². The molecule has 0 bridgehead atoms. The summed E-state index contributed by atoms with van der Waals surface area (Å²) in [6.45, 7) is 2.04. The van der Waals surface area contributed by atoms with E-state index in [1.807, 2.05) is 31.2 Å². The van der Waals surface area contributed by atoms with Crippen molar-refractivity contribution < 1.29 is 14.3 Å². The Morgan fingerprint density at radius 2 is 1.90 bits per heavy atom. The second kappa shape index (κ2) is 10.7. The smallest absolute Gasteiger partial charge is 0.345 e. The highest BCUT2D eigenvalue weighted by Crippen LogP contribution is 2.24. The van der Waals surface area contributed by atoms with Gasteiger partial charge in [0.2, 0.25) is 0 Å². The summed E-state index contributed by atoms with van der Waals surface area (Å²) in [6.07, 6.45) is 1.41. The number of rotatable bonds is 7. The molecular weight excluding hydrogens is 482 g/mol. The monoisotopic (exact) mass is 499 g/mol. The maximum Gasteiger partial charge on any atom is 0.345 e. The molecule has 8 heteroatoms. The number of anilines is 1. The first-order valence-electron chi connectivity index (χ1n) is 9.31. The Hall–Kier alpha value is -3.16. The number of carbonyl (C=O) groups excluding carboxylic acids is 2. The minimum absolute atomic E-state index is 0.0631. The molecule has 0 spiro atoms. The normalized spacial score (nSPS) is 10.7. The summed E-state index contributed by atoms with van der Waals surface area (Å²) < 4.78 is 6.24. The number of hydrogen-bond acceptors (Lipinski definition) is 5. The molecule has 3 aromatic rings. The molecule has 158 valence electrons. The van der Waals surface area contributed by atoms with E-state index >= 15 is 0 Å². The first-order valence-corrected chi connectivity index (χ1v) is 10.5. The molecule has 0 aliphatic heterocycles. The number of halogens is 2. The average Bonchev–Trinajstić information content (AvgIpc) is 2.74. The fourth-order valence-electron chi connectivity index (χ4n) is 2.65. The van der Waals surface area contributed by atoms with Gasteiger partial charge in [-0.2, -0.15) is 5.10 Å². The zero-order chi connectivity index (χ0) is 22.2. The lowest BCUT2D eigenvalue weighted by molar-refractivity contribution is -0.119. The second-order valence-electron chi connectivity index (χ2n) is 6.57. The Labute approximate surface area is 193 Å². The molecule has 0 aliphatic carbocycles. The van der Waals surface area contributed by atoms with E-state index in [9.17, 15) is 9.59 Å². The molecule has 0 aromatic heterocycles. The summed E-state index contributed by atoms with van der Waals surface area (Å²) in [6, 6.07) is 19.4. The molecule has 0 atom stereocenters. The number of nitrogens with zero attached hydrogens (tertiary/aromatic N) is 1. The van der Waals surface area contributed by atoms with Gasteiger partial charge >= 0.3 is 5.97 Å². The lowest BCUT2D eigenvalue weighted by Crippen LogP contribution is -2.25. The van der Waals surface area contributed by atoms with Crippen LogP contribution in [-0.2, 0) is 4.79 Å². The van der Waals surface area contributed by atoms with Gasteiger partial charge in [-0.25, -0.2) is 10.2 Å². The van der Waals surface area contributed by atoms with Crippen LogP contribution in [0.2, 0.25) is 5.02 Å². The Balaban J connectivity index is 1.63. The van der Waals surface area contributed by atoms with Crippen molar-refractivity contribution in [1.29, 1.82) is 0 Å². The average molecular weight is 501 g/mol. The van der Waals surface area contributed by atoms with Gasteiger partial charge in [-0.1, -0.05) is 51.8 Å². The van der Waals surface area contributed by atoms with Crippen LogP contribution in [0.4, 0.5) is 5.69 Å². The number of ether oxygens (including phenoxy) is 1. The van der Waals surface area contributed by atoms with Crippen LogP contribution in [-0.4, -0.2) is 24.6 Å². The molecule has 3 rings (SSSR count). The highest BCUT2D eigenvalue weighted by molar-refractivity contribution is 9.10. The molecule has 0 aliphatic rings. The Morgan fingerprint density at radius 3 is 2.68 bits per heavy atom. The van der Waals surface area contributed by atoms with Crippen molar-refractivity contribution in [3.8, 4) is 5.75 Å². The van der Waals surface area contributed by atoms with E-state index in [0.717, 1.165) is 15.7 Å².